The molecule has 0 heterocycles. The minimum absolute atomic E-state index is 0.369. The van der Waals surface area contributed by atoms with Crippen molar-refractivity contribution < 1.29 is 0 Å². The Labute approximate surface area is 80.3 Å². The fourth-order valence-corrected chi connectivity index (χ4v) is 2.90. The van der Waals surface area contributed by atoms with Gasteiger partial charge in [0, 0.05) is 0 Å². The molecule has 0 aliphatic heterocycles. The topological polar surface area (TPSA) is 0 Å². The SMILES string of the molecule is C[As](C)CCCc1ccccc1. The van der Waals surface area contributed by atoms with E-state index in [2.05, 4.69) is 41.8 Å². The maximum atomic E-state index is 2.43. The van der Waals surface area contributed by atoms with Crippen molar-refractivity contribution in [3.05, 3.63) is 35.9 Å². The van der Waals surface area contributed by atoms with Crippen molar-refractivity contribution in [3.63, 3.8) is 0 Å². The van der Waals surface area contributed by atoms with E-state index in [9.17, 15) is 0 Å². The molecule has 0 saturated heterocycles. The third-order valence-corrected chi connectivity index (χ3v) is 4.45. The van der Waals surface area contributed by atoms with Gasteiger partial charge in [0.25, 0.3) is 0 Å². The van der Waals surface area contributed by atoms with Crippen molar-refractivity contribution in [2.75, 3.05) is 0 Å². The van der Waals surface area contributed by atoms with Crippen LogP contribution in [0.1, 0.15) is 12.0 Å². The molecule has 66 valence electrons. The van der Waals surface area contributed by atoms with E-state index in [1.165, 1.54) is 23.6 Å². The molecule has 1 heteroatoms. The summed E-state index contributed by atoms with van der Waals surface area (Å²) in [5.74, 6) is 0. The van der Waals surface area contributed by atoms with Crippen LogP contribution in [0.3, 0.4) is 0 Å². The second-order valence-electron chi connectivity index (χ2n) is 3.39. The molecule has 1 rings (SSSR count). The van der Waals surface area contributed by atoms with Gasteiger partial charge < -0.3 is 0 Å². The van der Waals surface area contributed by atoms with Gasteiger partial charge in [-0.1, -0.05) is 0 Å². The first-order valence-corrected chi connectivity index (χ1v) is 9.55. The van der Waals surface area contributed by atoms with Crippen molar-refractivity contribution in [1.82, 2.24) is 0 Å². The van der Waals surface area contributed by atoms with Gasteiger partial charge in [-0.3, -0.25) is 0 Å². The molecule has 0 radical (unpaired) electrons. The molecule has 0 aromatic heterocycles. The Bertz CT molecular complexity index is 204. The molecule has 0 fully saturated rings. The Kier molecular flexibility index (Phi) is 4.46. The van der Waals surface area contributed by atoms with Crippen molar-refractivity contribution in [3.8, 4) is 0 Å². The van der Waals surface area contributed by atoms with Crippen molar-refractivity contribution >= 4 is 14.7 Å². The summed E-state index contributed by atoms with van der Waals surface area (Å²) in [5.41, 5.74) is 6.35. The van der Waals surface area contributed by atoms with Crippen LogP contribution in [0.5, 0.6) is 0 Å². The molecule has 0 nitrogen and oxygen atoms in total. The van der Waals surface area contributed by atoms with E-state index in [1.54, 1.807) is 0 Å². The Morgan fingerprint density at radius 1 is 1.08 bits per heavy atom. The van der Waals surface area contributed by atoms with Crippen molar-refractivity contribution in [2.45, 2.75) is 29.5 Å². The zero-order valence-electron chi connectivity index (χ0n) is 7.96. The first-order valence-electron chi connectivity index (χ1n) is 4.47. The molecule has 0 spiro atoms. The van der Waals surface area contributed by atoms with Gasteiger partial charge in [-0.15, -0.1) is 0 Å². The van der Waals surface area contributed by atoms with Gasteiger partial charge in [-0.05, 0) is 0 Å². The zero-order chi connectivity index (χ0) is 8.81. The van der Waals surface area contributed by atoms with Crippen LogP contribution in [0.15, 0.2) is 30.3 Å². The van der Waals surface area contributed by atoms with Crippen LogP contribution in [0.25, 0.3) is 0 Å². The molecule has 0 bridgehead atoms. The molecule has 1 aromatic carbocycles. The predicted octanol–water partition coefficient (Wildman–Crippen LogP) is 3.37. The van der Waals surface area contributed by atoms with E-state index in [0.717, 1.165) is 0 Å². The van der Waals surface area contributed by atoms with Crippen LogP contribution < -0.4 is 0 Å². The molecular formula is C11H17As. The second kappa shape index (κ2) is 5.43. The van der Waals surface area contributed by atoms with Gasteiger partial charge in [0.05, 0.1) is 0 Å². The summed E-state index contributed by atoms with van der Waals surface area (Å²) in [7, 11) is 0. The molecule has 0 atom stereocenters. The Hall–Kier alpha value is -0.222. The fraction of sp³-hybridized carbons (Fsp3) is 0.455. The summed E-state index contributed by atoms with van der Waals surface area (Å²) in [5, 5.41) is 1.49. The first-order chi connectivity index (χ1) is 5.79. The summed E-state index contributed by atoms with van der Waals surface area (Å²) < 4.78 is 0. The number of hydrogen-bond acceptors (Lipinski definition) is 0. The molecule has 1 aromatic rings. The Morgan fingerprint density at radius 2 is 1.75 bits per heavy atom. The summed E-state index contributed by atoms with van der Waals surface area (Å²) in [6.45, 7) is 0. The van der Waals surface area contributed by atoms with E-state index in [4.69, 9.17) is 0 Å². The first kappa shape index (κ1) is 9.86. The molecular weight excluding hydrogens is 207 g/mol. The standard InChI is InChI=1S/C11H17As/c1-12(2)10-6-9-11-7-4-3-5-8-11/h3-5,7-8H,6,9-10H2,1-2H3. The third-order valence-electron chi connectivity index (χ3n) is 1.91. The molecule has 0 saturated carbocycles. The Balaban J connectivity index is 2.25. The van der Waals surface area contributed by atoms with Crippen LogP contribution in [0.4, 0.5) is 0 Å². The zero-order valence-corrected chi connectivity index (χ0v) is 9.83. The van der Waals surface area contributed by atoms with Crippen molar-refractivity contribution in [2.24, 2.45) is 0 Å². The van der Waals surface area contributed by atoms with E-state index in [-0.39, 0.29) is 14.7 Å². The Morgan fingerprint density at radius 3 is 2.33 bits per heavy atom. The monoisotopic (exact) mass is 224 g/mol. The van der Waals surface area contributed by atoms with Gasteiger partial charge in [-0.25, -0.2) is 0 Å². The fourth-order valence-electron chi connectivity index (χ4n) is 1.24. The number of aryl methyl sites for hydroxylation is 1. The molecule has 12 heavy (non-hydrogen) atoms. The van der Waals surface area contributed by atoms with Crippen LogP contribution >= 0.6 is 0 Å². The van der Waals surface area contributed by atoms with Crippen molar-refractivity contribution in [1.29, 1.82) is 0 Å². The van der Waals surface area contributed by atoms with Gasteiger partial charge >= 0.3 is 80.0 Å². The maximum absolute atomic E-state index is 2.43. The third kappa shape index (κ3) is 3.97. The number of benzene rings is 1. The normalized spacial score (nSPS) is 10.6. The van der Waals surface area contributed by atoms with Crippen LogP contribution in [0, 0.1) is 0 Å². The summed E-state index contributed by atoms with van der Waals surface area (Å²) in [6.07, 6.45) is 2.66. The minimum atomic E-state index is -0.369. The van der Waals surface area contributed by atoms with Gasteiger partial charge in [0.1, 0.15) is 0 Å². The molecule has 0 unspecified atom stereocenters. The van der Waals surface area contributed by atoms with Gasteiger partial charge in [-0.2, -0.15) is 0 Å². The average molecular weight is 224 g/mol. The van der Waals surface area contributed by atoms with E-state index in [0.29, 0.717) is 0 Å². The van der Waals surface area contributed by atoms with Gasteiger partial charge in [0.2, 0.25) is 0 Å². The van der Waals surface area contributed by atoms with E-state index >= 15 is 0 Å². The molecule has 0 aliphatic rings. The predicted molar refractivity (Wildman–Crippen MR) is 57.1 cm³/mol. The quantitative estimate of drug-likeness (QED) is 0.688. The van der Waals surface area contributed by atoms with E-state index < -0.39 is 0 Å². The molecule has 0 N–H and O–H groups in total. The molecule has 0 amide bonds. The van der Waals surface area contributed by atoms with Gasteiger partial charge in [0.15, 0.2) is 0 Å². The second-order valence-corrected chi connectivity index (χ2v) is 8.86. The average Bonchev–Trinajstić information content (AvgIpc) is 2.05. The number of rotatable bonds is 4. The summed E-state index contributed by atoms with van der Waals surface area (Å²) >= 11 is -0.369. The van der Waals surface area contributed by atoms with Crippen LogP contribution in [-0.2, 0) is 6.42 Å². The van der Waals surface area contributed by atoms with Crippen LogP contribution in [0.2, 0.25) is 16.6 Å². The van der Waals surface area contributed by atoms with E-state index in [1.807, 2.05) is 0 Å². The summed E-state index contributed by atoms with van der Waals surface area (Å²) in [6, 6.07) is 10.8. The number of hydrogen-bond donors (Lipinski definition) is 0. The van der Waals surface area contributed by atoms with Crippen LogP contribution in [-0.4, -0.2) is 14.7 Å². The molecule has 0 aliphatic carbocycles. The summed E-state index contributed by atoms with van der Waals surface area (Å²) in [4.78, 5) is 0.